The van der Waals surface area contributed by atoms with Crippen LogP contribution in [0.15, 0.2) is 0 Å². The Kier molecular flexibility index (Phi) is 4.88. The van der Waals surface area contributed by atoms with E-state index in [-0.39, 0.29) is 45.6 Å². The van der Waals surface area contributed by atoms with Gasteiger partial charge in [-0.2, -0.15) is 0 Å². The molecule has 0 aliphatic heterocycles. The molecule has 29 heavy (non-hydrogen) atoms. The molecular formula is C24H38O5. The van der Waals surface area contributed by atoms with Crippen molar-refractivity contribution in [2.75, 3.05) is 6.61 Å². The van der Waals surface area contributed by atoms with Gasteiger partial charge in [0.1, 0.15) is 6.10 Å². The fourth-order valence-corrected chi connectivity index (χ4v) is 8.71. The van der Waals surface area contributed by atoms with Crippen molar-refractivity contribution in [3.8, 4) is 0 Å². The van der Waals surface area contributed by atoms with Crippen molar-refractivity contribution in [3.63, 3.8) is 0 Å². The monoisotopic (exact) mass is 406 g/mol. The maximum Gasteiger partial charge on any atom is 0.302 e. The van der Waals surface area contributed by atoms with Gasteiger partial charge in [-0.25, -0.2) is 0 Å². The predicted octanol–water partition coefficient (Wildman–Crippen LogP) is 4.26. The molecule has 0 heterocycles. The summed E-state index contributed by atoms with van der Waals surface area (Å²) in [6.45, 7) is 10.3. The third kappa shape index (κ3) is 2.97. The molecule has 4 saturated carbocycles. The molecule has 0 amide bonds. The Hall–Kier alpha value is -1.10. The molecule has 0 unspecified atom stereocenters. The minimum Gasteiger partial charge on any atom is -0.465 e. The zero-order valence-electron chi connectivity index (χ0n) is 18.8. The molecule has 0 radical (unpaired) electrons. The van der Waals surface area contributed by atoms with Gasteiger partial charge < -0.3 is 14.6 Å². The van der Waals surface area contributed by atoms with Gasteiger partial charge in [-0.1, -0.05) is 27.2 Å². The molecule has 1 N–H and O–H groups in total. The van der Waals surface area contributed by atoms with Gasteiger partial charge in [0.2, 0.25) is 0 Å². The Labute approximate surface area is 174 Å². The number of esters is 2. The first kappa shape index (κ1) is 21.1. The van der Waals surface area contributed by atoms with Gasteiger partial charge in [0, 0.05) is 24.7 Å². The number of hydrogen-bond acceptors (Lipinski definition) is 5. The summed E-state index contributed by atoms with van der Waals surface area (Å²) < 4.78 is 11.3. The minimum atomic E-state index is -0.403. The lowest BCUT2D eigenvalue weighted by Gasteiger charge is -2.68. The highest BCUT2D eigenvalue weighted by Crippen LogP contribution is 2.76. The zero-order valence-corrected chi connectivity index (χ0v) is 18.8. The highest BCUT2D eigenvalue weighted by Gasteiger charge is 2.72. The average molecular weight is 407 g/mol. The van der Waals surface area contributed by atoms with Crippen LogP contribution < -0.4 is 0 Å². The average Bonchev–Trinajstić information content (AvgIpc) is 2.93. The number of hydrogen-bond donors (Lipinski definition) is 1. The van der Waals surface area contributed by atoms with E-state index in [9.17, 15) is 14.7 Å². The molecule has 0 saturated heterocycles. The van der Waals surface area contributed by atoms with Crippen molar-refractivity contribution in [1.29, 1.82) is 0 Å². The quantitative estimate of drug-likeness (QED) is 0.709. The maximum atomic E-state index is 11.7. The number of ether oxygens (including phenoxy) is 2. The van der Waals surface area contributed by atoms with Crippen molar-refractivity contribution in [3.05, 3.63) is 0 Å². The van der Waals surface area contributed by atoms with Crippen LogP contribution >= 0.6 is 0 Å². The number of aliphatic hydroxyl groups is 1. The van der Waals surface area contributed by atoms with E-state index >= 15 is 0 Å². The Balaban J connectivity index is 1.71. The van der Waals surface area contributed by atoms with Gasteiger partial charge in [-0.15, -0.1) is 0 Å². The maximum absolute atomic E-state index is 11.7. The standard InChI is InChI=1S/C24H38O5/c1-15(25)28-14-22(4)7-6-8-23(5)20(22)18(27)11-17-12-19(29-16(2)26)21(3)9-10-24(17,23)13-21/h17-20,27H,6-14H2,1-5H3/t17-,18+,19+,20-,21-,22-,23-,24-/m0/s1. The molecular weight excluding hydrogens is 368 g/mol. The highest BCUT2D eigenvalue weighted by molar-refractivity contribution is 5.66. The third-order valence-corrected chi connectivity index (χ3v) is 9.76. The van der Waals surface area contributed by atoms with Crippen LogP contribution in [0, 0.1) is 33.5 Å². The smallest absolute Gasteiger partial charge is 0.302 e. The van der Waals surface area contributed by atoms with Gasteiger partial charge in [-0.05, 0) is 67.6 Å². The van der Waals surface area contributed by atoms with Gasteiger partial charge in [0.05, 0.1) is 12.7 Å². The van der Waals surface area contributed by atoms with E-state index in [1.54, 1.807) is 0 Å². The molecule has 4 aliphatic carbocycles. The molecule has 4 aliphatic rings. The molecule has 4 fully saturated rings. The first-order chi connectivity index (χ1) is 13.5. The molecule has 0 aromatic heterocycles. The summed E-state index contributed by atoms with van der Waals surface area (Å²) in [5.74, 6) is 0.0830. The lowest BCUT2D eigenvalue weighted by molar-refractivity contribution is -0.239. The number of carbonyl (C=O) groups excluding carboxylic acids is 2. The molecule has 164 valence electrons. The van der Waals surface area contributed by atoms with Crippen molar-refractivity contribution < 1.29 is 24.2 Å². The zero-order chi connectivity index (χ0) is 21.2. The summed E-state index contributed by atoms with van der Waals surface area (Å²) in [5, 5.41) is 11.4. The van der Waals surface area contributed by atoms with E-state index in [4.69, 9.17) is 9.47 Å². The van der Waals surface area contributed by atoms with Gasteiger partial charge >= 0.3 is 11.9 Å². The highest BCUT2D eigenvalue weighted by atomic mass is 16.5. The normalized spacial score (nSPS) is 51.0. The minimum absolute atomic E-state index is 0.0153. The van der Waals surface area contributed by atoms with Crippen LogP contribution in [-0.2, 0) is 19.1 Å². The Morgan fingerprint density at radius 1 is 1.00 bits per heavy atom. The first-order valence-corrected chi connectivity index (χ1v) is 11.4. The first-order valence-electron chi connectivity index (χ1n) is 11.4. The summed E-state index contributed by atoms with van der Waals surface area (Å²) in [5.41, 5.74) is 0.0346. The number of rotatable bonds is 3. The molecule has 2 bridgehead atoms. The summed E-state index contributed by atoms with van der Waals surface area (Å²) in [6.07, 6.45) is 7.72. The lowest BCUT2D eigenvalue weighted by Crippen LogP contribution is -2.65. The Bertz CT molecular complexity index is 705. The van der Waals surface area contributed by atoms with Crippen molar-refractivity contribution in [2.45, 2.75) is 98.2 Å². The van der Waals surface area contributed by atoms with Crippen molar-refractivity contribution in [1.82, 2.24) is 0 Å². The number of aliphatic hydroxyl groups excluding tert-OH is 1. The van der Waals surface area contributed by atoms with Gasteiger partial charge in [-0.3, -0.25) is 9.59 Å². The Morgan fingerprint density at radius 3 is 2.38 bits per heavy atom. The molecule has 4 rings (SSSR count). The fraction of sp³-hybridized carbons (Fsp3) is 0.917. The third-order valence-electron chi connectivity index (χ3n) is 9.76. The molecule has 1 spiro atoms. The summed E-state index contributed by atoms with van der Waals surface area (Å²) in [4.78, 5) is 23.3. The molecule has 8 atom stereocenters. The van der Waals surface area contributed by atoms with Crippen molar-refractivity contribution >= 4 is 11.9 Å². The van der Waals surface area contributed by atoms with Crippen LogP contribution in [0.25, 0.3) is 0 Å². The van der Waals surface area contributed by atoms with Crippen LogP contribution in [0.1, 0.15) is 86.0 Å². The lowest BCUT2D eigenvalue weighted by atomic mass is 9.37. The van der Waals surface area contributed by atoms with Crippen LogP contribution in [0.3, 0.4) is 0 Å². The van der Waals surface area contributed by atoms with Gasteiger partial charge in [0.25, 0.3) is 0 Å². The van der Waals surface area contributed by atoms with Crippen LogP contribution in [0.5, 0.6) is 0 Å². The predicted molar refractivity (Wildman–Crippen MR) is 109 cm³/mol. The SMILES string of the molecule is CC(=O)OC[C@]1(C)CCC[C@@]2(C)[C@H]1[C@H](O)C[C@H]1C[C@@H](OC(C)=O)[C@@]3(C)CC[C@]12C3. The van der Waals surface area contributed by atoms with Crippen molar-refractivity contribution in [2.24, 2.45) is 33.5 Å². The van der Waals surface area contributed by atoms with E-state index in [1.807, 2.05) is 0 Å². The second-order valence-corrected chi connectivity index (χ2v) is 11.5. The summed E-state index contributed by atoms with van der Waals surface area (Å²) in [7, 11) is 0. The fourth-order valence-electron chi connectivity index (χ4n) is 8.71. The van der Waals surface area contributed by atoms with E-state index in [2.05, 4.69) is 20.8 Å². The van der Waals surface area contributed by atoms with E-state index in [0.29, 0.717) is 12.5 Å². The van der Waals surface area contributed by atoms with E-state index in [1.165, 1.54) is 13.8 Å². The van der Waals surface area contributed by atoms with Crippen LogP contribution in [-0.4, -0.2) is 35.9 Å². The van der Waals surface area contributed by atoms with Crippen LogP contribution in [0.4, 0.5) is 0 Å². The second-order valence-electron chi connectivity index (χ2n) is 11.5. The summed E-state index contributed by atoms with van der Waals surface area (Å²) >= 11 is 0. The number of fused-ring (bicyclic) bond motifs is 2. The van der Waals surface area contributed by atoms with Crippen LogP contribution in [0.2, 0.25) is 0 Å². The molecule has 5 heteroatoms. The second kappa shape index (κ2) is 6.70. The molecule has 5 nitrogen and oxygen atoms in total. The Morgan fingerprint density at radius 2 is 1.72 bits per heavy atom. The largest absolute Gasteiger partial charge is 0.465 e. The number of carbonyl (C=O) groups is 2. The van der Waals surface area contributed by atoms with E-state index < -0.39 is 6.10 Å². The summed E-state index contributed by atoms with van der Waals surface area (Å²) in [6, 6.07) is 0. The van der Waals surface area contributed by atoms with Gasteiger partial charge in [0.15, 0.2) is 0 Å². The van der Waals surface area contributed by atoms with E-state index in [0.717, 1.165) is 51.4 Å². The molecule has 0 aromatic rings. The molecule has 0 aromatic carbocycles. The topological polar surface area (TPSA) is 72.8 Å².